The molecule has 1 fully saturated rings. The number of carbonyl (C=O) groups is 4. The second-order valence-electron chi connectivity index (χ2n) is 7.01. The first kappa shape index (κ1) is 22.4. The van der Waals surface area contributed by atoms with Gasteiger partial charge in [-0.3, -0.25) is 14.5 Å². The van der Waals surface area contributed by atoms with Crippen molar-refractivity contribution in [3.8, 4) is 5.75 Å². The molecular weight excluding hydrogens is 420 g/mol. The first-order valence-electron chi connectivity index (χ1n) is 9.43. The number of carbonyl (C=O) groups excluding carboxylic acids is 4. The van der Waals surface area contributed by atoms with E-state index in [0.717, 1.165) is 10.6 Å². The molecule has 1 aromatic carbocycles. The minimum atomic E-state index is -0.668. The molecule has 168 valence electrons. The molecule has 2 heterocycles. The van der Waals surface area contributed by atoms with Crippen molar-refractivity contribution >= 4 is 35.6 Å². The number of methoxy groups -OCH3 is 1. The number of benzene rings is 1. The predicted octanol–water partition coefficient (Wildman–Crippen LogP) is 1.09. The van der Waals surface area contributed by atoms with Gasteiger partial charge in [0.05, 0.1) is 13.7 Å². The average Bonchev–Trinajstić information content (AvgIpc) is 3.32. The predicted molar refractivity (Wildman–Crippen MR) is 113 cm³/mol. The fraction of sp³-hybridized carbons (Fsp3) is 0.238. The number of nitrogens with zero attached hydrogens (tertiary/aromatic N) is 2. The number of amides is 4. The van der Waals surface area contributed by atoms with Crippen molar-refractivity contribution in [1.29, 1.82) is 0 Å². The molecule has 0 saturated carbocycles. The number of hydrogen-bond donors (Lipinski definition) is 2. The summed E-state index contributed by atoms with van der Waals surface area (Å²) in [6.45, 7) is -0.524. The van der Waals surface area contributed by atoms with E-state index in [9.17, 15) is 19.2 Å². The van der Waals surface area contributed by atoms with Gasteiger partial charge in [0.25, 0.3) is 11.8 Å². The van der Waals surface area contributed by atoms with Gasteiger partial charge in [0, 0.05) is 31.4 Å². The van der Waals surface area contributed by atoms with E-state index in [1.165, 1.54) is 25.3 Å². The highest BCUT2D eigenvalue weighted by atomic mass is 16.5. The molecule has 1 aliphatic rings. The second kappa shape index (κ2) is 9.25. The van der Waals surface area contributed by atoms with E-state index in [0.29, 0.717) is 11.3 Å². The van der Waals surface area contributed by atoms with Crippen molar-refractivity contribution in [3.05, 3.63) is 53.1 Å². The molecule has 0 aliphatic carbocycles. The Morgan fingerprint density at radius 3 is 2.62 bits per heavy atom. The Hall–Kier alpha value is -4.28. The minimum absolute atomic E-state index is 0.0104. The van der Waals surface area contributed by atoms with Crippen LogP contribution in [-0.4, -0.2) is 56.5 Å². The SMILES string of the molecule is COC(=O)c1ccc(CN2C(=O)NC(=Cc3ccc(N(C)C)cc3OCC(N)=O)C2=O)o1. The maximum atomic E-state index is 12.8. The summed E-state index contributed by atoms with van der Waals surface area (Å²) in [6, 6.07) is 7.39. The molecule has 1 aromatic heterocycles. The van der Waals surface area contributed by atoms with Crippen LogP contribution in [0, 0.1) is 0 Å². The van der Waals surface area contributed by atoms with Crippen molar-refractivity contribution in [1.82, 2.24) is 10.2 Å². The first-order chi connectivity index (χ1) is 15.2. The van der Waals surface area contributed by atoms with Gasteiger partial charge in [-0.15, -0.1) is 0 Å². The van der Waals surface area contributed by atoms with Crippen LogP contribution in [0.1, 0.15) is 21.9 Å². The summed E-state index contributed by atoms with van der Waals surface area (Å²) in [5.74, 6) is -1.41. The summed E-state index contributed by atoms with van der Waals surface area (Å²) in [6.07, 6.45) is 1.44. The number of primary amides is 1. The van der Waals surface area contributed by atoms with Crippen LogP contribution in [0.5, 0.6) is 5.75 Å². The molecule has 11 heteroatoms. The molecule has 1 saturated heterocycles. The average molecular weight is 442 g/mol. The zero-order chi connectivity index (χ0) is 23.4. The monoisotopic (exact) mass is 442 g/mol. The topological polar surface area (TPSA) is 144 Å². The number of furan rings is 1. The van der Waals surface area contributed by atoms with Gasteiger partial charge in [-0.2, -0.15) is 0 Å². The maximum absolute atomic E-state index is 12.8. The van der Waals surface area contributed by atoms with Gasteiger partial charge in [0.1, 0.15) is 17.2 Å². The van der Waals surface area contributed by atoms with Gasteiger partial charge in [0.2, 0.25) is 5.76 Å². The van der Waals surface area contributed by atoms with E-state index in [-0.39, 0.29) is 30.4 Å². The summed E-state index contributed by atoms with van der Waals surface area (Å²) in [5.41, 5.74) is 6.44. The van der Waals surface area contributed by atoms with Crippen LogP contribution in [0.2, 0.25) is 0 Å². The second-order valence-corrected chi connectivity index (χ2v) is 7.01. The van der Waals surface area contributed by atoms with Crippen molar-refractivity contribution < 1.29 is 33.1 Å². The van der Waals surface area contributed by atoms with E-state index in [1.54, 1.807) is 18.2 Å². The van der Waals surface area contributed by atoms with Crippen LogP contribution in [0.15, 0.2) is 40.4 Å². The van der Waals surface area contributed by atoms with E-state index in [4.69, 9.17) is 14.9 Å². The Morgan fingerprint density at radius 1 is 1.22 bits per heavy atom. The number of nitrogens with two attached hydrogens (primary N) is 1. The lowest BCUT2D eigenvalue weighted by atomic mass is 10.1. The Balaban J connectivity index is 1.84. The number of anilines is 1. The van der Waals surface area contributed by atoms with Crippen molar-refractivity contribution in [2.75, 3.05) is 32.7 Å². The maximum Gasteiger partial charge on any atom is 0.373 e. The van der Waals surface area contributed by atoms with Gasteiger partial charge in [0.15, 0.2) is 6.61 Å². The van der Waals surface area contributed by atoms with Crippen molar-refractivity contribution in [2.45, 2.75) is 6.54 Å². The normalized spacial score (nSPS) is 14.5. The third kappa shape index (κ3) is 4.89. The van der Waals surface area contributed by atoms with Gasteiger partial charge in [-0.25, -0.2) is 9.59 Å². The third-order valence-electron chi connectivity index (χ3n) is 4.51. The van der Waals surface area contributed by atoms with Crippen LogP contribution in [0.4, 0.5) is 10.5 Å². The molecule has 1 aliphatic heterocycles. The Labute approximate surface area is 183 Å². The van der Waals surface area contributed by atoms with Gasteiger partial charge < -0.3 is 29.8 Å². The molecule has 3 N–H and O–H groups in total. The van der Waals surface area contributed by atoms with E-state index < -0.39 is 23.8 Å². The Kier molecular flexibility index (Phi) is 6.47. The summed E-state index contributed by atoms with van der Waals surface area (Å²) >= 11 is 0. The van der Waals surface area contributed by atoms with Crippen LogP contribution >= 0.6 is 0 Å². The zero-order valence-corrected chi connectivity index (χ0v) is 17.7. The minimum Gasteiger partial charge on any atom is -0.483 e. The van der Waals surface area contributed by atoms with Gasteiger partial charge in [-0.1, -0.05) is 0 Å². The van der Waals surface area contributed by atoms with Crippen LogP contribution in [-0.2, 0) is 20.9 Å². The molecule has 0 bridgehead atoms. The zero-order valence-electron chi connectivity index (χ0n) is 17.7. The number of nitrogens with one attached hydrogen (secondary N) is 1. The van der Waals surface area contributed by atoms with E-state index in [2.05, 4.69) is 10.1 Å². The summed E-state index contributed by atoms with van der Waals surface area (Å²) in [7, 11) is 4.89. The molecule has 0 unspecified atom stereocenters. The smallest absolute Gasteiger partial charge is 0.373 e. The Bertz CT molecular complexity index is 1100. The first-order valence-corrected chi connectivity index (χ1v) is 9.43. The third-order valence-corrected chi connectivity index (χ3v) is 4.51. The van der Waals surface area contributed by atoms with Crippen LogP contribution in [0.3, 0.4) is 0 Å². The number of imide groups is 1. The highest BCUT2D eigenvalue weighted by Gasteiger charge is 2.34. The number of hydrogen-bond acceptors (Lipinski definition) is 8. The highest BCUT2D eigenvalue weighted by Crippen LogP contribution is 2.28. The lowest BCUT2D eigenvalue weighted by molar-refractivity contribution is -0.123. The quantitative estimate of drug-likeness (QED) is 0.351. The summed E-state index contributed by atoms with van der Waals surface area (Å²) < 4.78 is 15.4. The molecule has 0 atom stereocenters. The number of rotatable bonds is 8. The number of esters is 1. The van der Waals surface area contributed by atoms with E-state index in [1.807, 2.05) is 19.0 Å². The molecular formula is C21H22N4O7. The van der Waals surface area contributed by atoms with Crippen molar-refractivity contribution in [2.24, 2.45) is 5.73 Å². The van der Waals surface area contributed by atoms with E-state index >= 15 is 0 Å². The van der Waals surface area contributed by atoms with Crippen LogP contribution < -0.4 is 20.7 Å². The molecule has 11 nitrogen and oxygen atoms in total. The van der Waals surface area contributed by atoms with Gasteiger partial charge in [-0.05, 0) is 30.3 Å². The van der Waals surface area contributed by atoms with Gasteiger partial charge >= 0.3 is 12.0 Å². The molecule has 0 spiro atoms. The number of urea groups is 1. The molecule has 32 heavy (non-hydrogen) atoms. The summed E-state index contributed by atoms with van der Waals surface area (Å²) in [4.78, 5) is 50.6. The molecule has 0 radical (unpaired) electrons. The fourth-order valence-electron chi connectivity index (χ4n) is 2.89. The Morgan fingerprint density at radius 2 is 1.97 bits per heavy atom. The standard InChI is InChI=1S/C21H22N4O7/c1-24(2)13-5-4-12(17(9-13)31-11-18(22)26)8-15-19(27)25(21(29)23-15)10-14-6-7-16(32-14)20(28)30-3/h4-9H,10-11H2,1-3H3,(H2,22,26)(H,23,29). The molecule has 2 aromatic rings. The molecule has 3 rings (SSSR count). The number of ether oxygens (including phenoxy) is 2. The van der Waals surface area contributed by atoms with Crippen LogP contribution in [0.25, 0.3) is 6.08 Å². The highest BCUT2D eigenvalue weighted by molar-refractivity contribution is 6.14. The van der Waals surface area contributed by atoms with Crippen molar-refractivity contribution in [3.63, 3.8) is 0 Å². The lowest BCUT2D eigenvalue weighted by Crippen LogP contribution is -2.30. The fourth-order valence-corrected chi connectivity index (χ4v) is 2.89. The lowest BCUT2D eigenvalue weighted by Gasteiger charge is -2.16. The largest absolute Gasteiger partial charge is 0.483 e. The molecule has 4 amide bonds. The summed E-state index contributed by atoms with van der Waals surface area (Å²) in [5, 5.41) is 2.50.